The minimum atomic E-state index is -0.842. The fraction of sp³-hybridized carbons (Fsp3) is 0.846. The van der Waals surface area contributed by atoms with Crippen molar-refractivity contribution in [2.75, 3.05) is 13.2 Å². The van der Waals surface area contributed by atoms with Crippen LogP contribution in [0, 0.1) is 0 Å². The molecule has 0 saturated carbocycles. The molecule has 0 aromatic rings. The molecule has 0 aliphatic carbocycles. The van der Waals surface area contributed by atoms with Crippen LogP contribution < -0.4 is 5.32 Å². The van der Waals surface area contributed by atoms with E-state index in [1.165, 1.54) is 315 Å². The summed E-state index contributed by atoms with van der Waals surface area (Å²) in [7, 11) is 0. The molecule has 6 nitrogen and oxygen atoms in total. The molecular weight excluding hydrogens is 1030 g/mol. The molecule has 2 atom stereocenters. The number of hydrogen-bond acceptors (Lipinski definition) is 5. The number of nitrogens with one attached hydrogen (secondary N) is 1. The van der Waals surface area contributed by atoms with Gasteiger partial charge >= 0.3 is 5.97 Å². The van der Waals surface area contributed by atoms with Crippen LogP contribution in [0.1, 0.15) is 399 Å². The Bertz CT molecular complexity index is 1450. The summed E-state index contributed by atoms with van der Waals surface area (Å²) >= 11 is 0. The Morgan fingerprint density at radius 3 is 0.929 bits per heavy atom. The first-order valence-electron chi connectivity index (χ1n) is 37.6. The number of hydrogen-bond donors (Lipinski definition) is 3. The molecule has 0 radical (unpaired) electrons. The van der Waals surface area contributed by atoms with Crippen LogP contribution in [0.4, 0.5) is 0 Å². The van der Waals surface area contributed by atoms with E-state index in [1.54, 1.807) is 6.08 Å². The molecule has 6 heteroatoms. The lowest BCUT2D eigenvalue weighted by Crippen LogP contribution is -2.45. The third-order valence-electron chi connectivity index (χ3n) is 17.3. The first-order chi connectivity index (χ1) is 41.5. The van der Waals surface area contributed by atoms with E-state index in [0.29, 0.717) is 19.4 Å². The SMILES string of the molecule is CCCCC/C=C\C/C=C\CCCCCCCCCCCC(=O)OCCCCCCCCCCCCCCC/C=C\C/C=C\CCCCCCCCCCCCCCCCCCCC(=O)NC(CO)C(O)/C=C/CCCCCCCCCCC. The first-order valence-corrected chi connectivity index (χ1v) is 37.6. The third-order valence-corrected chi connectivity index (χ3v) is 17.3. The molecule has 0 bridgehead atoms. The minimum Gasteiger partial charge on any atom is -0.466 e. The van der Waals surface area contributed by atoms with Gasteiger partial charge in [0.05, 0.1) is 25.4 Å². The Balaban J connectivity index is 3.35. The largest absolute Gasteiger partial charge is 0.466 e. The number of amides is 1. The second kappa shape index (κ2) is 73.0. The van der Waals surface area contributed by atoms with E-state index < -0.39 is 12.1 Å². The summed E-state index contributed by atoms with van der Waals surface area (Å²) in [4.78, 5) is 24.6. The lowest BCUT2D eigenvalue weighted by atomic mass is 10.0. The van der Waals surface area contributed by atoms with Crippen LogP contribution in [-0.4, -0.2) is 47.4 Å². The molecule has 3 N–H and O–H groups in total. The van der Waals surface area contributed by atoms with Gasteiger partial charge in [-0.2, -0.15) is 0 Å². The van der Waals surface area contributed by atoms with Crippen molar-refractivity contribution in [1.29, 1.82) is 0 Å². The number of carbonyl (C=O) groups excluding carboxylic acids is 2. The Kier molecular flexibility index (Phi) is 70.9. The topological polar surface area (TPSA) is 95.9 Å². The van der Waals surface area contributed by atoms with Crippen molar-refractivity contribution >= 4 is 11.9 Å². The van der Waals surface area contributed by atoms with Gasteiger partial charge in [-0.25, -0.2) is 0 Å². The van der Waals surface area contributed by atoms with Crippen molar-refractivity contribution in [1.82, 2.24) is 5.32 Å². The molecule has 0 aromatic heterocycles. The van der Waals surface area contributed by atoms with Crippen molar-refractivity contribution in [2.24, 2.45) is 0 Å². The summed E-state index contributed by atoms with van der Waals surface area (Å²) in [5.74, 6) is -0.0508. The van der Waals surface area contributed by atoms with Crippen molar-refractivity contribution < 1.29 is 24.5 Å². The number of rotatable bonds is 70. The number of ether oxygens (including phenoxy) is 1. The van der Waals surface area contributed by atoms with Gasteiger partial charge in [-0.1, -0.05) is 351 Å². The van der Waals surface area contributed by atoms with E-state index in [-0.39, 0.29) is 18.5 Å². The molecule has 2 unspecified atom stereocenters. The predicted molar refractivity (Wildman–Crippen MR) is 370 cm³/mol. The number of aliphatic hydroxyl groups excluding tert-OH is 2. The zero-order chi connectivity index (χ0) is 60.6. The van der Waals surface area contributed by atoms with E-state index in [4.69, 9.17) is 4.74 Å². The van der Waals surface area contributed by atoms with Gasteiger partial charge in [0.1, 0.15) is 0 Å². The normalized spacial score (nSPS) is 12.9. The Morgan fingerprint density at radius 1 is 0.333 bits per heavy atom. The first kappa shape index (κ1) is 81.6. The average molecular weight is 1180 g/mol. The number of carbonyl (C=O) groups is 2. The lowest BCUT2D eigenvalue weighted by Gasteiger charge is -2.20. The number of esters is 1. The average Bonchev–Trinajstić information content (AvgIpc) is 3.53. The molecule has 0 aliphatic rings. The zero-order valence-corrected chi connectivity index (χ0v) is 56.4. The van der Waals surface area contributed by atoms with Crippen LogP contribution in [0.3, 0.4) is 0 Å². The maximum absolute atomic E-state index is 12.4. The summed E-state index contributed by atoms with van der Waals surface area (Å²) in [6, 6.07) is -0.625. The molecule has 0 rings (SSSR count). The molecule has 0 aliphatic heterocycles. The molecule has 492 valence electrons. The lowest BCUT2D eigenvalue weighted by molar-refractivity contribution is -0.143. The monoisotopic (exact) mass is 1180 g/mol. The molecule has 0 heterocycles. The van der Waals surface area contributed by atoms with Crippen molar-refractivity contribution in [3.05, 3.63) is 60.8 Å². The van der Waals surface area contributed by atoms with Gasteiger partial charge in [0.2, 0.25) is 5.91 Å². The second-order valence-electron chi connectivity index (χ2n) is 25.6. The van der Waals surface area contributed by atoms with Gasteiger partial charge < -0.3 is 20.3 Å². The van der Waals surface area contributed by atoms with Crippen molar-refractivity contribution in [2.45, 2.75) is 411 Å². The summed E-state index contributed by atoms with van der Waals surface area (Å²) in [6.45, 7) is 4.89. The maximum atomic E-state index is 12.4. The highest BCUT2D eigenvalue weighted by molar-refractivity contribution is 5.76. The van der Waals surface area contributed by atoms with Crippen molar-refractivity contribution in [3.63, 3.8) is 0 Å². The van der Waals surface area contributed by atoms with Crippen LogP contribution >= 0.6 is 0 Å². The fourth-order valence-corrected chi connectivity index (χ4v) is 11.5. The molecule has 0 fully saturated rings. The zero-order valence-electron chi connectivity index (χ0n) is 56.4. The maximum Gasteiger partial charge on any atom is 0.305 e. The minimum absolute atomic E-state index is 0.0148. The number of allylic oxidation sites excluding steroid dienone is 9. The standard InChI is InChI=1S/C78H145NO5/c1-3-5-7-9-11-13-15-16-17-18-38-42-45-48-52-56-60-64-68-72-78(83)84-73-69-65-61-57-53-49-46-43-40-37-35-33-31-29-27-25-23-21-19-20-22-24-26-28-30-32-34-36-39-41-44-47-51-55-59-63-67-71-77(82)79-75(74-80)76(81)70-66-62-58-54-50-14-12-10-8-6-4-2/h11,13,16-17,19,21,25,27,66,70,75-76,80-81H,3-10,12,14-15,18,20,22-24,26,28-65,67-69,71-74H2,1-2H3,(H,79,82)/b13-11-,17-16-,21-19-,27-25-,70-66+. The molecule has 0 spiro atoms. The quantitative estimate of drug-likeness (QED) is 0.0320. The van der Waals surface area contributed by atoms with E-state index in [1.807, 2.05) is 6.08 Å². The van der Waals surface area contributed by atoms with Crippen LogP contribution in [0.2, 0.25) is 0 Å². The van der Waals surface area contributed by atoms with E-state index in [9.17, 15) is 19.8 Å². The fourth-order valence-electron chi connectivity index (χ4n) is 11.5. The second-order valence-corrected chi connectivity index (χ2v) is 25.6. The van der Waals surface area contributed by atoms with Crippen molar-refractivity contribution in [3.8, 4) is 0 Å². The van der Waals surface area contributed by atoms with Gasteiger partial charge in [-0.3, -0.25) is 9.59 Å². The van der Waals surface area contributed by atoms with Gasteiger partial charge in [-0.05, 0) is 96.3 Å². The van der Waals surface area contributed by atoms with Gasteiger partial charge in [0.25, 0.3) is 0 Å². The summed E-state index contributed by atoms with van der Waals surface area (Å²) in [6.07, 6.45) is 97.7. The highest BCUT2D eigenvalue weighted by atomic mass is 16.5. The highest BCUT2D eigenvalue weighted by Crippen LogP contribution is 2.18. The smallest absolute Gasteiger partial charge is 0.305 e. The van der Waals surface area contributed by atoms with Crippen LogP contribution in [0.5, 0.6) is 0 Å². The Hall–Kier alpha value is -2.44. The highest BCUT2D eigenvalue weighted by Gasteiger charge is 2.18. The van der Waals surface area contributed by atoms with Crippen LogP contribution in [0.15, 0.2) is 60.8 Å². The molecule has 1 amide bonds. The Labute approximate surface area is 524 Å². The van der Waals surface area contributed by atoms with Gasteiger partial charge in [-0.15, -0.1) is 0 Å². The van der Waals surface area contributed by atoms with E-state index in [0.717, 1.165) is 57.8 Å². The van der Waals surface area contributed by atoms with Crippen LogP contribution in [0.25, 0.3) is 0 Å². The van der Waals surface area contributed by atoms with Gasteiger partial charge in [0, 0.05) is 12.8 Å². The predicted octanol–water partition coefficient (Wildman–Crippen LogP) is 24.6. The molecule has 0 aromatic carbocycles. The molecular formula is C78H145NO5. The summed E-state index contributed by atoms with van der Waals surface area (Å²) < 4.78 is 5.51. The number of unbranched alkanes of at least 4 members (excludes halogenated alkanes) is 51. The number of aliphatic hydroxyl groups is 2. The summed E-state index contributed by atoms with van der Waals surface area (Å²) in [5, 5.41) is 23.1. The summed E-state index contributed by atoms with van der Waals surface area (Å²) in [5.41, 5.74) is 0. The molecule has 0 saturated heterocycles. The van der Waals surface area contributed by atoms with Gasteiger partial charge in [0.15, 0.2) is 0 Å². The molecule has 84 heavy (non-hydrogen) atoms. The third kappa shape index (κ3) is 68.7. The Morgan fingerprint density at radius 2 is 0.595 bits per heavy atom. The van der Waals surface area contributed by atoms with E-state index >= 15 is 0 Å². The van der Waals surface area contributed by atoms with E-state index in [2.05, 4.69) is 67.8 Å². The van der Waals surface area contributed by atoms with Crippen LogP contribution in [-0.2, 0) is 14.3 Å².